The minimum Gasteiger partial charge on any atom is -0.167 e. The zero-order valence-corrected chi connectivity index (χ0v) is 9.93. The van der Waals surface area contributed by atoms with Crippen LogP contribution in [0.25, 0.3) is 6.08 Å². The van der Waals surface area contributed by atoms with Gasteiger partial charge in [-0.05, 0) is 17.2 Å². The summed E-state index contributed by atoms with van der Waals surface area (Å²) in [4.78, 5) is 0. The Bertz CT molecular complexity index is 299. The molecule has 0 saturated heterocycles. The van der Waals surface area contributed by atoms with E-state index in [1.807, 2.05) is 6.08 Å². The number of rotatable bonds is 3. The molecular weight excluding hydrogens is 196 g/mol. The number of benzene rings is 1. The second kappa shape index (κ2) is 4.12. The summed E-state index contributed by atoms with van der Waals surface area (Å²) in [6, 6.07) is 9.42. The van der Waals surface area contributed by atoms with E-state index in [4.69, 9.17) is 11.1 Å². The first-order chi connectivity index (χ1) is 6.01. The molecule has 2 heteroatoms. The lowest BCUT2D eigenvalue weighted by molar-refractivity contribution is 1.34. The van der Waals surface area contributed by atoms with E-state index in [1.165, 1.54) is 11.1 Å². The molecule has 0 aliphatic rings. The highest BCUT2D eigenvalue weighted by Crippen LogP contribution is 2.16. The second-order valence-corrected chi connectivity index (χ2v) is 10.7. The quantitative estimate of drug-likeness (QED) is 0.525. The highest BCUT2D eigenvalue weighted by molar-refractivity contribution is 7.18. The van der Waals surface area contributed by atoms with Crippen molar-refractivity contribution in [2.45, 2.75) is 19.1 Å². The van der Waals surface area contributed by atoms with E-state index < -0.39 is 7.38 Å². The summed E-state index contributed by atoms with van der Waals surface area (Å²) in [7, 11) is -1.50. The maximum atomic E-state index is 6.28. The van der Waals surface area contributed by atoms with E-state index in [0.717, 1.165) is 6.04 Å². The highest BCUT2D eigenvalue weighted by atomic mass is 35.6. The van der Waals surface area contributed by atoms with Gasteiger partial charge in [0.05, 0.1) is 0 Å². The third-order valence-corrected chi connectivity index (χ3v) is 3.46. The molecule has 0 aromatic heterocycles. The van der Waals surface area contributed by atoms with Crippen LogP contribution in [0.2, 0.25) is 13.1 Å². The van der Waals surface area contributed by atoms with Gasteiger partial charge in [0.25, 0.3) is 0 Å². The maximum Gasteiger partial charge on any atom is 0.154 e. The molecule has 0 N–H and O–H groups in total. The summed E-state index contributed by atoms with van der Waals surface area (Å²) in [5.74, 6) is 0. The summed E-state index contributed by atoms with van der Waals surface area (Å²) < 4.78 is 0. The SMILES string of the molecule is C=Cc1cccc(C[Si](C)(C)Cl)c1. The number of hydrogen-bond acceptors (Lipinski definition) is 0. The van der Waals surface area contributed by atoms with Gasteiger partial charge < -0.3 is 0 Å². The van der Waals surface area contributed by atoms with Crippen LogP contribution in [-0.2, 0) is 6.04 Å². The normalized spacial score (nSPS) is 11.3. The van der Waals surface area contributed by atoms with Crippen molar-refractivity contribution in [3.8, 4) is 0 Å². The number of halogens is 1. The van der Waals surface area contributed by atoms with E-state index in [2.05, 4.69) is 43.9 Å². The van der Waals surface area contributed by atoms with Gasteiger partial charge in [0.15, 0.2) is 7.38 Å². The Morgan fingerprint density at radius 1 is 1.46 bits per heavy atom. The molecule has 0 unspecified atom stereocenters. The predicted molar refractivity (Wildman–Crippen MR) is 63.6 cm³/mol. The molecule has 0 fully saturated rings. The minimum atomic E-state index is -1.50. The lowest BCUT2D eigenvalue weighted by Gasteiger charge is -2.12. The average molecular weight is 211 g/mol. The van der Waals surface area contributed by atoms with Gasteiger partial charge in [0.1, 0.15) is 0 Å². The van der Waals surface area contributed by atoms with Crippen LogP contribution in [0.1, 0.15) is 11.1 Å². The largest absolute Gasteiger partial charge is 0.167 e. The van der Waals surface area contributed by atoms with Crippen LogP contribution in [0.15, 0.2) is 30.8 Å². The summed E-state index contributed by atoms with van der Waals surface area (Å²) >= 11 is 6.28. The highest BCUT2D eigenvalue weighted by Gasteiger charge is 2.17. The van der Waals surface area contributed by atoms with E-state index >= 15 is 0 Å². The molecule has 0 bridgehead atoms. The zero-order chi connectivity index (χ0) is 9.90. The fourth-order valence-corrected chi connectivity index (χ4v) is 2.97. The van der Waals surface area contributed by atoms with Gasteiger partial charge in [-0.1, -0.05) is 50.0 Å². The smallest absolute Gasteiger partial charge is 0.154 e. The molecule has 1 rings (SSSR count). The number of hydrogen-bond donors (Lipinski definition) is 0. The Morgan fingerprint density at radius 3 is 2.69 bits per heavy atom. The van der Waals surface area contributed by atoms with Crippen LogP contribution >= 0.6 is 11.1 Å². The van der Waals surface area contributed by atoms with Crippen LogP contribution < -0.4 is 0 Å². The molecular formula is C11H15ClSi. The van der Waals surface area contributed by atoms with Gasteiger partial charge in [-0.3, -0.25) is 0 Å². The Balaban J connectivity index is 2.84. The molecule has 0 aliphatic heterocycles. The summed E-state index contributed by atoms with van der Waals surface area (Å²) in [5, 5.41) is 0. The van der Waals surface area contributed by atoms with Gasteiger partial charge in [-0.25, -0.2) is 0 Å². The van der Waals surface area contributed by atoms with E-state index in [1.54, 1.807) is 0 Å². The van der Waals surface area contributed by atoms with Gasteiger partial charge in [0.2, 0.25) is 0 Å². The molecule has 0 radical (unpaired) electrons. The summed E-state index contributed by atoms with van der Waals surface area (Å²) in [6.07, 6.45) is 1.87. The lowest BCUT2D eigenvalue weighted by atomic mass is 10.1. The van der Waals surface area contributed by atoms with Gasteiger partial charge in [0, 0.05) is 0 Å². The van der Waals surface area contributed by atoms with Crippen molar-refractivity contribution < 1.29 is 0 Å². The molecule has 13 heavy (non-hydrogen) atoms. The summed E-state index contributed by atoms with van der Waals surface area (Å²) in [6.45, 7) is 8.07. The Kier molecular flexibility index (Phi) is 3.34. The van der Waals surface area contributed by atoms with Crippen molar-refractivity contribution >= 4 is 24.5 Å². The van der Waals surface area contributed by atoms with Gasteiger partial charge >= 0.3 is 0 Å². The first-order valence-electron chi connectivity index (χ1n) is 4.41. The van der Waals surface area contributed by atoms with E-state index in [0.29, 0.717) is 0 Å². The predicted octanol–water partition coefficient (Wildman–Crippen LogP) is 3.86. The molecule has 0 nitrogen and oxygen atoms in total. The monoisotopic (exact) mass is 210 g/mol. The van der Waals surface area contributed by atoms with Crippen molar-refractivity contribution in [1.29, 1.82) is 0 Å². The molecule has 1 aromatic rings. The lowest BCUT2D eigenvalue weighted by Crippen LogP contribution is -2.20. The summed E-state index contributed by atoms with van der Waals surface area (Å²) in [5.41, 5.74) is 2.50. The van der Waals surface area contributed by atoms with Crippen LogP contribution in [0.5, 0.6) is 0 Å². The Labute approximate surface area is 86.0 Å². The van der Waals surface area contributed by atoms with Gasteiger partial charge in [-0.15, -0.1) is 0 Å². The van der Waals surface area contributed by atoms with Crippen LogP contribution in [0, 0.1) is 0 Å². The van der Waals surface area contributed by atoms with Crippen molar-refractivity contribution in [2.24, 2.45) is 0 Å². The van der Waals surface area contributed by atoms with Crippen molar-refractivity contribution in [1.82, 2.24) is 0 Å². The standard InChI is InChI=1S/C11H15ClSi/c1-4-10-6-5-7-11(8-10)9-13(2,3)12/h4-8H,1,9H2,2-3H3. The molecule has 0 amide bonds. The van der Waals surface area contributed by atoms with E-state index in [-0.39, 0.29) is 0 Å². The van der Waals surface area contributed by atoms with Crippen LogP contribution in [0.3, 0.4) is 0 Å². The van der Waals surface area contributed by atoms with Crippen molar-refractivity contribution in [3.05, 3.63) is 42.0 Å². The molecule has 0 atom stereocenters. The van der Waals surface area contributed by atoms with Crippen LogP contribution in [0.4, 0.5) is 0 Å². The van der Waals surface area contributed by atoms with Crippen LogP contribution in [-0.4, -0.2) is 7.38 Å². The molecule has 1 aromatic carbocycles. The molecule has 70 valence electrons. The minimum absolute atomic E-state index is 1.02. The van der Waals surface area contributed by atoms with Gasteiger partial charge in [-0.2, -0.15) is 11.1 Å². The fraction of sp³-hybridized carbons (Fsp3) is 0.273. The molecule has 0 heterocycles. The first kappa shape index (κ1) is 10.5. The Hall–Kier alpha value is -0.533. The maximum absolute atomic E-state index is 6.28. The molecule has 0 aliphatic carbocycles. The van der Waals surface area contributed by atoms with E-state index in [9.17, 15) is 0 Å². The third kappa shape index (κ3) is 3.79. The zero-order valence-electron chi connectivity index (χ0n) is 8.18. The molecule has 0 spiro atoms. The Morgan fingerprint density at radius 2 is 2.15 bits per heavy atom. The topological polar surface area (TPSA) is 0 Å². The average Bonchev–Trinajstić information content (AvgIpc) is 2.01. The van der Waals surface area contributed by atoms with Crippen molar-refractivity contribution in [3.63, 3.8) is 0 Å². The third-order valence-electron chi connectivity index (χ3n) is 1.81. The fourth-order valence-electron chi connectivity index (χ4n) is 1.32. The molecule has 0 saturated carbocycles. The first-order valence-corrected chi connectivity index (χ1v) is 8.63. The van der Waals surface area contributed by atoms with Crippen molar-refractivity contribution in [2.75, 3.05) is 0 Å². The second-order valence-electron chi connectivity index (χ2n) is 3.84.